The molecule has 3 rings (SSSR count). The van der Waals surface area contributed by atoms with Crippen molar-refractivity contribution in [3.8, 4) is 5.75 Å². The van der Waals surface area contributed by atoms with Crippen molar-refractivity contribution in [1.82, 2.24) is 0 Å². The lowest BCUT2D eigenvalue weighted by Crippen LogP contribution is -2.41. The zero-order valence-corrected chi connectivity index (χ0v) is 15.4. The Morgan fingerprint density at radius 1 is 1.00 bits per heavy atom. The van der Waals surface area contributed by atoms with Crippen molar-refractivity contribution < 1.29 is 18.4 Å². The third-order valence-electron chi connectivity index (χ3n) is 5.08. The predicted molar refractivity (Wildman–Crippen MR) is 97.6 cm³/mol. The van der Waals surface area contributed by atoms with Gasteiger partial charge in [-0.05, 0) is 57.8 Å². The molecule has 0 atom stereocenters. The van der Waals surface area contributed by atoms with E-state index in [1.807, 2.05) is 52.8 Å². The Labute approximate surface area is 149 Å². The molecule has 2 aromatic rings. The van der Waals surface area contributed by atoms with Crippen LogP contribution in [0.3, 0.4) is 0 Å². The van der Waals surface area contributed by atoms with Gasteiger partial charge in [0.25, 0.3) is 0 Å². The molecule has 0 spiro atoms. The number of para-hydroxylation sites is 1. The van der Waals surface area contributed by atoms with E-state index in [1.54, 1.807) is 18.2 Å². The smallest absolute Gasteiger partial charge is 0.486 e. The number of hydrogen-bond donors (Lipinski definition) is 0. The molecule has 25 heavy (non-hydrogen) atoms. The van der Waals surface area contributed by atoms with Crippen molar-refractivity contribution in [2.75, 3.05) is 0 Å². The molecule has 1 heterocycles. The first kappa shape index (κ1) is 18.0. The minimum atomic E-state index is -0.418. The summed E-state index contributed by atoms with van der Waals surface area (Å²) in [6, 6.07) is 12.4. The fraction of sp³-hybridized carbons (Fsp3) is 0.400. The Kier molecular flexibility index (Phi) is 4.65. The Bertz CT molecular complexity index is 757. The summed E-state index contributed by atoms with van der Waals surface area (Å²) in [7, 11) is -0.418. The van der Waals surface area contributed by atoms with Crippen LogP contribution in [-0.2, 0) is 15.9 Å². The highest BCUT2D eigenvalue weighted by Gasteiger charge is 2.52. The zero-order chi connectivity index (χ0) is 18.2. The lowest BCUT2D eigenvalue weighted by atomic mass is 9.75. The monoisotopic (exact) mass is 342 g/mol. The Morgan fingerprint density at radius 2 is 1.64 bits per heavy atom. The maximum atomic E-state index is 13.7. The van der Waals surface area contributed by atoms with Crippen LogP contribution < -0.4 is 10.2 Å². The summed E-state index contributed by atoms with van der Waals surface area (Å²) in [5.74, 6) is -0.110. The second-order valence-corrected chi connectivity index (χ2v) is 7.50. The van der Waals surface area contributed by atoms with E-state index in [1.165, 1.54) is 6.07 Å². The van der Waals surface area contributed by atoms with Gasteiger partial charge in [-0.2, -0.15) is 0 Å². The molecule has 5 heteroatoms. The van der Waals surface area contributed by atoms with Gasteiger partial charge in [-0.1, -0.05) is 35.9 Å². The van der Waals surface area contributed by atoms with Crippen LogP contribution >= 0.6 is 0 Å². The second kappa shape index (κ2) is 6.47. The number of hydrogen-bond acceptors (Lipinski definition) is 3. The minimum Gasteiger partial charge on any atom is -0.486 e. The van der Waals surface area contributed by atoms with Gasteiger partial charge >= 0.3 is 7.12 Å². The van der Waals surface area contributed by atoms with Crippen molar-refractivity contribution in [2.24, 2.45) is 0 Å². The maximum Gasteiger partial charge on any atom is 0.495 e. The van der Waals surface area contributed by atoms with Crippen LogP contribution in [-0.4, -0.2) is 18.3 Å². The fourth-order valence-electron chi connectivity index (χ4n) is 2.73. The lowest BCUT2D eigenvalue weighted by molar-refractivity contribution is 0.00578. The summed E-state index contributed by atoms with van der Waals surface area (Å²) in [5, 5.41) is 0. The van der Waals surface area contributed by atoms with Gasteiger partial charge in [0, 0.05) is 0 Å². The molecule has 0 aliphatic carbocycles. The normalized spacial score (nSPS) is 18.4. The molecule has 1 fully saturated rings. The van der Waals surface area contributed by atoms with Crippen molar-refractivity contribution >= 4 is 12.6 Å². The highest BCUT2D eigenvalue weighted by atomic mass is 19.1. The van der Waals surface area contributed by atoms with E-state index < -0.39 is 7.12 Å². The SMILES string of the molecule is Cc1ccc(COc2ccccc2F)cc1B1OC(C)(C)C(C)(C)O1. The summed E-state index contributed by atoms with van der Waals surface area (Å²) in [5.41, 5.74) is 2.24. The molecule has 0 radical (unpaired) electrons. The maximum absolute atomic E-state index is 13.7. The molecule has 1 aliphatic rings. The summed E-state index contributed by atoms with van der Waals surface area (Å²) < 4.78 is 31.6. The van der Waals surface area contributed by atoms with Gasteiger partial charge in [-0.25, -0.2) is 4.39 Å². The van der Waals surface area contributed by atoms with Gasteiger partial charge in [0.05, 0.1) is 11.2 Å². The molecule has 0 amide bonds. The zero-order valence-electron chi connectivity index (χ0n) is 15.4. The first-order valence-electron chi connectivity index (χ1n) is 8.52. The third kappa shape index (κ3) is 3.58. The van der Waals surface area contributed by atoms with E-state index in [0.29, 0.717) is 0 Å². The van der Waals surface area contributed by atoms with Crippen molar-refractivity contribution in [3.05, 3.63) is 59.4 Å². The van der Waals surface area contributed by atoms with Crippen LogP contribution in [0.1, 0.15) is 38.8 Å². The number of benzene rings is 2. The van der Waals surface area contributed by atoms with Gasteiger partial charge in [0.1, 0.15) is 6.61 Å². The second-order valence-electron chi connectivity index (χ2n) is 7.50. The van der Waals surface area contributed by atoms with E-state index in [-0.39, 0.29) is 29.4 Å². The predicted octanol–water partition coefficient (Wildman–Crippen LogP) is 4.01. The number of ether oxygens (including phenoxy) is 1. The average Bonchev–Trinajstić information content (AvgIpc) is 2.76. The average molecular weight is 342 g/mol. The largest absolute Gasteiger partial charge is 0.495 e. The number of aryl methyl sites for hydroxylation is 1. The molecule has 3 nitrogen and oxygen atoms in total. The summed E-state index contributed by atoms with van der Waals surface area (Å²) >= 11 is 0. The lowest BCUT2D eigenvalue weighted by Gasteiger charge is -2.32. The first-order chi connectivity index (χ1) is 11.7. The van der Waals surface area contributed by atoms with Gasteiger partial charge in [0.2, 0.25) is 0 Å². The quantitative estimate of drug-likeness (QED) is 0.786. The van der Waals surface area contributed by atoms with Crippen molar-refractivity contribution in [1.29, 1.82) is 0 Å². The summed E-state index contributed by atoms with van der Waals surface area (Å²) in [6.45, 7) is 10.5. The molecule has 0 aromatic heterocycles. The number of rotatable bonds is 4. The Balaban J connectivity index is 1.79. The summed E-state index contributed by atoms with van der Waals surface area (Å²) in [6.07, 6.45) is 0. The molecular weight excluding hydrogens is 318 g/mol. The van der Waals surface area contributed by atoms with Crippen LogP contribution in [0, 0.1) is 12.7 Å². The van der Waals surface area contributed by atoms with Crippen LogP contribution in [0.5, 0.6) is 5.75 Å². The molecule has 0 saturated carbocycles. The van der Waals surface area contributed by atoms with Gasteiger partial charge in [0.15, 0.2) is 11.6 Å². The number of halogens is 1. The molecule has 132 valence electrons. The molecule has 1 aliphatic heterocycles. The van der Waals surface area contributed by atoms with Crippen LogP contribution in [0.15, 0.2) is 42.5 Å². The highest BCUT2D eigenvalue weighted by Crippen LogP contribution is 2.36. The van der Waals surface area contributed by atoms with E-state index in [0.717, 1.165) is 16.6 Å². The van der Waals surface area contributed by atoms with Crippen LogP contribution in [0.4, 0.5) is 4.39 Å². The minimum absolute atomic E-state index is 0.250. The fourth-order valence-corrected chi connectivity index (χ4v) is 2.73. The molecule has 0 N–H and O–H groups in total. The topological polar surface area (TPSA) is 27.7 Å². The molecule has 1 saturated heterocycles. The van der Waals surface area contributed by atoms with Gasteiger partial charge < -0.3 is 14.0 Å². The van der Waals surface area contributed by atoms with E-state index >= 15 is 0 Å². The van der Waals surface area contributed by atoms with E-state index in [2.05, 4.69) is 0 Å². The van der Waals surface area contributed by atoms with E-state index in [9.17, 15) is 4.39 Å². The Morgan fingerprint density at radius 3 is 2.28 bits per heavy atom. The standard InChI is InChI=1S/C20H24BFO3/c1-14-10-11-15(13-23-18-9-7-6-8-17(18)22)12-16(14)21-24-19(2,3)20(4,5)25-21/h6-12H,13H2,1-5H3. The highest BCUT2D eigenvalue weighted by molar-refractivity contribution is 6.62. The molecular formula is C20H24BFO3. The van der Waals surface area contributed by atoms with E-state index in [4.69, 9.17) is 14.0 Å². The first-order valence-corrected chi connectivity index (χ1v) is 8.52. The molecule has 2 aromatic carbocycles. The van der Waals surface area contributed by atoms with Crippen LogP contribution in [0.25, 0.3) is 0 Å². The van der Waals surface area contributed by atoms with Crippen LogP contribution in [0.2, 0.25) is 0 Å². The summed E-state index contributed by atoms with van der Waals surface area (Å²) in [4.78, 5) is 0. The van der Waals surface area contributed by atoms with Crippen molar-refractivity contribution in [3.63, 3.8) is 0 Å². The van der Waals surface area contributed by atoms with Gasteiger partial charge in [-0.3, -0.25) is 0 Å². The van der Waals surface area contributed by atoms with Crippen molar-refractivity contribution in [2.45, 2.75) is 52.4 Å². The van der Waals surface area contributed by atoms with Gasteiger partial charge in [-0.15, -0.1) is 0 Å². The molecule has 0 bridgehead atoms. The Hall–Kier alpha value is -1.85. The third-order valence-corrected chi connectivity index (χ3v) is 5.08. The molecule has 0 unspecified atom stereocenters.